The Morgan fingerprint density at radius 1 is 0.949 bits per heavy atom. The van der Waals surface area contributed by atoms with Gasteiger partial charge in [-0.05, 0) is 42.2 Å². The maximum atomic E-state index is 12.6. The molecule has 0 unspecified atom stereocenters. The summed E-state index contributed by atoms with van der Waals surface area (Å²) in [6.45, 7) is 2.78. The second kappa shape index (κ2) is 11.2. The van der Waals surface area contributed by atoms with Gasteiger partial charge in [0.2, 0.25) is 0 Å². The van der Waals surface area contributed by atoms with Crippen molar-refractivity contribution in [1.82, 2.24) is 19.4 Å². The Morgan fingerprint density at radius 3 is 2.38 bits per heavy atom. The number of halogens is 1. The highest BCUT2D eigenvalue weighted by molar-refractivity contribution is 14.1. The van der Waals surface area contributed by atoms with E-state index >= 15 is 0 Å². The molecule has 1 aliphatic rings. The number of pyridine rings is 1. The van der Waals surface area contributed by atoms with E-state index < -0.39 is 0 Å². The average Bonchev–Trinajstić information content (AvgIpc) is 3.33. The second-order valence-corrected chi connectivity index (χ2v) is 10.8. The van der Waals surface area contributed by atoms with Crippen LogP contribution in [0.2, 0.25) is 0 Å². The van der Waals surface area contributed by atoms with Crippen molar-refractivity contribution >= 4 is 33.6 Å². The highest BCUT2D eigenvalue weighted by atomic mass is 127. The first kappa shape index (κ1) is 25.5. The normalized spacial score (nSPS) is 14.5. The van der Waals surface area contributed by atoms with E-state index in [0.29, 0.717) is 9.99 Å². The van der Waals surface area contributed by atoms with Crippen LogP contribution < -0.4 is 5.69 Å². The molecule has 0 amide bonds. The van der Waals surface area contributed by atoms with Crippen molar-refractivity contribution in [3.8, 4) is 28.5 Å². The van der Waals surface area contributed by atoms with Gasteiger partial charge in [0.15, 0.2) is 0 Å². The highest BCUT2D eigenvalue weighted by Crippen LogP contribution is 2.33. The number of likely N-dealkylation sites (tertiary alicyclic amines) is 1. The molecule has 0 bridgehead atoms. The first-order valence-electron chi connectivity index (χ1n) is 13.2. The Hall–Kier alpha value is -3.74. The van der Waals surface area contributed by atoms with E-state index in [1.54, 1.807) is 0 Å². The fourth-order valence-electron chi connectivity index (χ4n) is 5.61. The van der Waals surface area contributed by atoms with Crippen LogP contribution in [0.3, 0.4) is 0 Å². The Kier molecular flexibility index (Phi) is 7.31. The molecule has 1 fully saturated rings. The van der Waals surface area contributed by atoms with Gasteiger partial charge in [-0.3, -0.25) is 9.47 Å². The van der Waals surface area contributed by atoms with E-state index in [1.165, 1.54) is 5.56 Å². The molecule has 0 atom stereocenters. The molecular weight excluding hydrogens is 597 g/mol. The molecule has 6 rings (SSSR count). The smallest absolute Gasteiger partial charge is 0.306 e. The molecule has 3 heterocycles. The maximum Gasteiger partial charge on any atom is 0.326 e. The number of hydrogen-bond acceptors (Lipinski definition) is 4. The molecule has 7 heteroatoms. The number of nitrogens with one attached hydrogen (secondary N) is 1. The van der Waals surface area contributed by atoms with Crippen molar-refractivity contribution in [3.05, 3.63) is 112 Å². The number of piperidine rings is 1. The first-order chi connectivity index (χ1) is 19.1. The Morgan fingerprint density at radius 2 is 1.67 bits per heavy atom. The molecule has 1 N–H and O–H groups in total. The third-order valence-electron chi connectivity index (χ3n) is 7.61. The van der Waals surface area contributed by atoms with Crippen molar-refractivity contribution in [2.45, 2.75) is 29.9 Å². The molecule has 5 aromatic rings. The van der Waals surface area contributed by atoms with E-state index in [-0.39, 0.29) is 11.7 Å². The number of aromatic amines is 1. The number of aromatic nitrogens is 3. The molecule has 3 aromatic carbocycles. The predicted molar refractivity (Wildman–Crippen MR) is 164 cm³/mol. The number of nitriles is 1. The Bertz CT molecular complexity index is 1710. The lowest BCUT2D eigenvalue weighted by atomic mass is 9.96. The predicted octanol–water partition coefficient (Wildman–Crippen LogP) is 6.70. The summed E-state index contributed by atoms with van der Waals surface area (Å²) in [5, 5.41) is 9.69. The molecule has 194 valence electrons. The largest absolute Gasteiger partial charge is 0.326 e. The monoisotopic (exact) mass is 625 g/mol. The Labute approximate surface area is 241 Å². The second-order valence-electron chi connectivity index (χ2n) is 10.0. The lowest BCUT2D eigenvalue weighted by Crippen LogP contribution is -2.36. The van der Waals surface area contributed by atoms with Crippen LogP contribution in [0, 0.1) is 11.3 Å². The van der Waals surface area contributed by atoms with Crippen LogP contribution in [-0.2, 0) is 11.0 Å². The summed E-state index contributed by atoms with van der Waals surface area (Å²) in [5.41, 5.74) is 8.56. The zero-order valence-corrected chi connectivity index (χ0v) is 23.6. The highest BCUT2D eigenvalue weighted by Gasteiger charge is 2.23. The zero-order chi connectivity index (χ0) is 26.8. The van der Waals surface area contributed by atoms with Gasteiger partial charge in [0, 0.05) is 41.2 Å². The van der Waals surface area contributed by atoms with Crippen LogP contribution >= 0.6 is 22.6 Å². The number of fused-ring (bicyclic) bond motifs is 1. The van der Waals surface area contributed by atoms with Crippen LogP contribution in [0.15, 0.2) is 89.7 Å². The van der Waals surface area contributed by atoms with Crippen LogP contribution in [-0.4, -0.2) is 32.5 Å². The molecule has 0 aliphatic carbocycles. The summed E-state index contributed by atoms with van der Waals surface area (Å²) in [6.07, 6.45) is 1.91. The molecule has 1 saturated heterocycles. The molecule has 39 heavy (non-hydrogen) atoms. The van der Waals surface area contributed by atoms with Gasteiger partial charge < -0.3 is 4.98 Å². The van der Waals surface area contributed by atoms with Gasteiger partial charge in [-0.25, -0.2) is 9.78 Å². The quantitative estimate of drug-likeness (QED) is 0.168. The Balaban J connectivity index is 1.19. The molecule has 2 aromatic heterocycles. The molecule has 0 saturated carbocycles. The number of H-pyrrole nitrogens is 1. The minimum atomic E-state index is -0.0118. The topological polar surface area (TPSA) is 77.7 Å². The summed E-state index contributed by atoms with van der Waals surface area (Å²) in [5.74, 6) is 0. The van der Waals surface area contributed by atoms with Gasteiger partial charge in [0.05, 0.1) is 28.0 Å². The van der Waals surface area contributed by atoms with Gasteiger partial charge >= 0.3 is 5.69 Å². The van der Waals surface area contributed by atoms with E-state index in [4.69, 9.17) is 4.98 Å². The zero-order valence-electron chi connectivity index (χ0n) is 21.5. The molecule has 6 nitrogen and oxygen atoms in total. The fourth-order valence-corrected chi connectivity index (χ4v) is 6.19. The van der Waals surface area contributed by atoms with Crippen molar-refractivity contribution in [2.24, 2.45) is 0 Å². The maximum absolute atomic E-state index is 12.6. The number of benzene rings is 3. The summed E-state index contributed by atoms with van der Waals surface area (Å²) < 4.78 is 2.63. The third-order valence-corrected chi connectivity index (χ3v) is 8.34. The molecule has 1 aliphatic heterocycles. The van der Waals surface area contributed by atoms with E-state index in [9.17, 15) is 10.1 Å². The lowest BCUT2D eigenvalue weighted by Gasteiger charge is -2.32. The standard InChI is InChI=1S/C32H28IN5O/c33-19-29-25(20-34)18-27(23-6-2-1-3-7-23)31(35-29)24-12-10-22(11-13-24)21-37-16-14-26(15-17-37)38-30-9-5-4-8-28(30)36-32(38)39/h1-13,18,26H,14-17,19,21H2,(H,36,39). The van der Waals surface area contributed by atoms with Crippen LogP contribution in [0.25, 0.3) is 33.4 Å². The molecular formula is C32H28IN5O. The number of alkyl halides is 1. The van der Waals surface area contributed by atoms with Crippen LogP contribution in [0.5, 0.6) is 0 Å². The summed E-state index contributed by atoms with van der Waals surface area (Å²) in [7, 11) is 0. The van der Waals surface area contributed by atoms with E-state index in [1.807, 2.05) is 53.1 Å². The lowest BCUT2D eigenvalue weighted by molar-refractivity contribution is 0.180. The number of para-hydroxylation sites is 2. The minimum Gasteiger partial charge on any atom is -0.306 e. The number of nitrogens with zero attached hydrogens (tertiary/aromatic N) is 4. The third kappa shape index (κ3) is 5.14. The summed E-state index contributed by atoms with van der Waals surface area (Å²) >= 11 is 2.27. The number of rotatable bonds is 6. The molecule has 0 radical (unpaired) electrons. The average molecular weight is 626 g/mol. The van der Waals surface area contributed by atoms with E-state index in [0.717, 1.165) is 71.6 Å². The summed E-state index contributed by atoms with van der Waals surface area (Å²) in [6, 6.07) is 31.3. The van der Waals surface area contributed by atoms with Crippen molar-refractivity contribution < 1.29 is 0 Å². The van der Waals surface area contributed by atoms with Gasteiger partial charge in [0.25, 0.3) is 0 Å². The molecule has 0 spiro atoms. The first-order valence-corrected chi connectivity index (χ1v) is 14.7. The van der Waals surface area contributed by atoms with Gasteiger partial charge in [-0.2, -0.15) is 5.26 Å². The van der Waals surface area contributed by atoms with Crippen LogP contribution in [0.1, 0.15) is 35.7 Å². The van der Waals surface area contributed by atoms with Crippen LogP contribution in [0.4, 0.5) is 0 Å². The van der Waals surface area contributed by atoms with Crippen molar-refractivity contribution in [1.29, 1.82) is 5.26 Å². The van der Waals surface area contributed by atoms with Crippen molar-refractivity contribution in [3.63, 3.8) is 0 Å². The van der Waals surface area contributed by atoms with Crippen molar-refractivity contribution in [2.75, 3.05) is 13.1 Å². The van der Waals surface area contributed by atoms with E-state index in [2.05, 4.69) is 74.9 Å². The minimum absolute atomic E-state index is 0.0118. The fraction of sp³-hybridized carbons (Fsp3) is 0.219. The van der Waals surface area contributed by atoms with Gasteiger partial charge in [-0.15, -0.1) is 0 Å². The van der Waals surface area contributed by atoms with Gasteiger partial charge in [-0.1, -0.05) is 89.3 Å². The van der Waals surface area contributed by atoms with Gasteiger partial charge in [0.1, 0.15) is 6.07 Å². The number of hydrogen-bond donors (Lipinski definition) is 1. The summed E-state index contributed by atoms with van der Waals surface area (Å²) in [4.78, 5) is 23.0. The number of imidazole rings is 1. The SMILES string of the molecule is N#Cc1cc(-c2ccccc2)c(-c2ccc(CN3CCC(n4c(=O)[nH]c5ccccc54)CC3)cc2)nc1CI.